The van der Waals surface area contributed by atoms with Crippen molar-refractivity contribution >= 4 is 38.6 Å². The Morgan fingerprint density at radius 3 is 2.76 bits per heavy atom. The van der Waals surface area contributed by atoms with E-state index in [2.05, 4.69) is 31.4 Å². The first-order chi connectivity index (χ1) is 10.3. The van der Waals surface area contributed by atoms with Crippen LogP contribution in [-0.4, -0.2) is 11.2 Å². The van der Waals surface area contributed by atoms with E-state index in [9.17, 15) is 0 Å². The molecule has 0 saturated heterocycles. The first-order valence-corrected chi connectivity index (χ1v) is 8.04. The second kappa shape index (κ2) is 6.65. The standard InChI is InChI=1S/C16H12BrN3S/c17-14-8-4-5-12(9-14)10-18-20-16-19-15(11-21-16)13-6-2-1-3-7-13/h1-11H,(H,19,20)/b18-10-. The van der Waals surface area contributed by atoms with Gasteiger partial charge in [0.2, 0.25) is 5.13 Å². The number of thiazole rings is 1. The van der Waals surface area contributed by atoms with Gasteiger partial charge in [-0.25, -0.2) is 4.98 Å². The molecule has 0 radical (unpaired) electrons. The SMILES string of the molecule is Brc1cccc(/C=N\Nc2nc(-c3ccccc3)cs2)c1. The molecule has 0 atom stereocenters. The predicted molar refractivity (Wildman–Crippen MR) is 92.9 cm³/mol. The van der Waals surface area contributed by atoms with E-state index in [0.29, 0.717) is 0 Å². The number of hydrogen-bond acceptors (Lipinski definition) is 4. The minimum absolute atomic E-state index is 0.778. The van der Waals surface area contributed by atoms with E-state index in [-0.39, 0.29) is 0 Å². The largest absolute Gasteiger partial charge is 0.253 e. The van der Waals surface area contributed by atoms with Gasteiger partial charge in [-0.1, -0.05) is 58.4 Å². The van der Waals surface area contributed by atoms with Crippen molar-refractivity contribution in [2.45, 2.75) is 0 Å². The fourth-order valence-corrected chi connectivity index (χ4v) is 2.90. The van der Waals surface area contributed by atoms with Gasteiger partial charge in [0.1, 0.15) is 0 Å². The van der Waals surface area contributed by atoms with Gasteiger partial charge in [0, 0.05) is 15.4 Å². The minimum Gasteiger partial charge on any atom is -0.253 e. The molecule has 2 aromatic carbocycles. The van der Waals surface area contributed by atoms with Gasteiger partial charge in [-0.2, -0.15) is 5.10 Å². The molecule has 0 saturated carbocycles. The first-order valence-electron chi connectivity index (χ1n) is 6.37. The van der Waals surface area contributed by atoms with Crippen molar-refractivity contribution in [3.05, 3.63) is 70.0 Å². The third-order valence-corrected chi connectivity index (χ3v) is 4.04. The smallest absolute Gasteiger partial charge is 0.203 e. The molecule has 3 nitrogen and oxygen atoms in total. The average molecular weight is 358 g/mol. The quantitative estimate of drug-likeness (QED) is 0.525. The van der Waals surface area contributed by atoms with Crippen LogP contribution in [0.2, 0.25) is 0 Å². The predicted octanol–water partition coefficient (Wildman–Crippen LogP) is 5.02. The van der Waals surface area contributed by atoms with Gasteiger partial charge in [0.05, 0.1) is 11.9 Å². The Morgan fingerprint density at radius 2 is 1.95 bits per heavy atom. The molecule has 104 valence electrons. The Balaban J connectivity index is 1.68. The van der Waals surface area contributed by atoms with Gasteiger partial charge in [-0.15, -0.1) is 11.3 Å². The fraction of sp³-hybridized carbons (Fsp3) is 0. The van der Waals surface area contributed by atoms with Crippen molar-refractivity contribution in [2.75, 3.05) is 5.43 Å². The van der Waals surface area contributed by atoms with Crippen molar-refractivity contribution < 1.29 is 0 Å². The van der Waals surface area contributed by atoms with E-state index in [1.807, 2.05) is 60.0 Å². The maximum Gasteiger partial charge on any atom is 0.203 e. The molecule has 3 aromatic rings. The Labute approximate surface area is 135 Å². The summed E-state index contributed by atoms with van der Waals surface area (Å²) in [7, 11) is 0. The van der Waals surface area contributed by atoms with Crippen LogP contribution in [0, 0.1) is 0 Å². The van der Waals surface area contributed by atoms with Crippen LogP contribution in [0.15, 0.2) is 69.6 Å². The lowest BCUT2D eigenvalue weighted by atomic mass is 10.2. The summed E-state index contributed by atoms with van der Waals surface area (Å²) in [5.41, 5.74) is 6.06. The van der Waals surface area contributed by atoms with Crippen LogP contribution >= 0.6 is 27.3 Å². The summed E-state index contributed by atoms with van der Waals surface area (Å²) in [5.74, 6) is 0. The lowest BCUT2D eigenvalue weighted by molar-refractivity contribution is 1.29. The van der Waals surface area contributed by atoms with Crippen LogP contribution in [0.4, 0.5) is 5.13 Å². The fourth-order valence-electron chi connectivity index (χ4n) is 1.82. The number of aromatic nitrogens is 1. The lowest BCUT2D eigenvalue weighted by Crippen LogP contribution is -1.90. The van der Waals surface area contributed by atoms with E-state index < -0.39 is 0 Å². The second-order valence-corrected chi connectivity index (χ2v) is 6.10. The molecular formula is C16H12BrN3S. The highest BCUT2D eigenvalue weighted by molar-refractivity contribution is 9.10. The van der Waals surface area contributed by atoms with E-state index in [1.165, 1.54) is 11.3 Å². The number of hydrazone groups is 1. The summed E-state index contributed by atoms with van der Waals surface area (Å²) in [6, 6.07) is 18.1. The molecule has 0 aliphatic carbocycles. The topological polar surface area (TPSA) is 37.3 Å². The Hall–Kier alpha value is -1.98. The number of rotatable bonds is 4. The van der Waals surface area contributed by atoms with Crippen LogP contribution in [0.5, 0.6) is 0 Å². The number of benzene rings is 2. The number of nitrogens with one attached hydrogen (secondary N) is 1. The molecule has 0 bridgehead atoms. The summed E-state index contributed by atoms with van der Waals surface area (Å²) in [6.45, 7) is 0. The third-order valence-electron chi connectivity index (χ3n) is 2.80. The minimum atomic E-state index is 0.778. The Bertz CT molecular complexity index is 753. The maximum absolute atomic E-state index is 4.51. The summed E-state index contributed by atoms with van der Waals surface area (Å²) in [6.07, 6.45) is 1.77. The molecule has 0 fully saturated rings. The summed E-state index contributed by atoms with van der Waals surface area (Å²) in [4.78, 5) is 4.51. The highest BCUT2D eigenvalue weighted by Crippen LogP contribution is 2.24. The molecule has 1 aromatic heterocycles. The summed E-state index contributed by atoms with van der Waals surface area (Å²) in [5, 5.41) is 7.01. The van der Waals surface area contributed by atoms with Gasteiger partial charge in [0.25, 0.3) is 0 Å². The molecule has 21 heavy (non-hydrogen) atoms. The Kier molecular flexibility index (Phi) is 4.43. The molecule has 5 heteroatoms. The second-order valence-electron chi connectivity index (χ2n) is 4.33. The van der Waals surface area contributed by atoms with Crippen molar-refractivity contribution in [2.24, 2.45) is 5.10 Å². The molecular weight excluding hydrogens is 346 g/mol. The zero-order chi connectivity index (χ0) is 14.5. The molecule has 3 rings (SSSR count). The lowest BCUT2D eigenvalue weighted by Gasteiger charge is -1.96. The molecule has 1 heterocycles. The molecule has 0 aliphatic rings. The van der Waals surface area contributed by atoms with Crippen LogP contribution in [-0.2, 0) is 0 Å². The van der Waals surface area contributed by atoms with Crippen molar-refractivity contribution in [3.8, 4) is 11.3 Å². The average Bonchev–Trinajstić information content (AvgIpc) is 2.97. The van der Waals surface area contributed by atoms with Crippen LogP contribution < -0.4 is 5.43 Å². The molecule has 0 amide bonds. The van der Waals surface area contributed by atoms with Gasteiger partial charge < -0.3 is 0 Å². The molecule has 0 unspecified atom stereocenters. The number of anilines is 1. The molecule has 0 spiro atoms. The van der Waals surface area contributed by atoms with Gasteiger partial charge in [-0.3, -0.25) is 5.43 Å². The summed E-state index contributed by atoms with van der Waals surface area (Å²) >= 11 is 4.97. The Morgan fingerprint density at radius 1 is 1.10 bits per heavy atom. The van der Waals surface area contributed by atoms with Gasteiger partial charge in [-0.05, 0) is 17.7 Å². The van der Waals surface area contributed by atoms with Crippen molar-refractivity contribution in [1.82, 2.24) is 4.98 Å². The third kappa shape index (κ3) is 3.77. The molecule has 0 aliphatic heterocycles. The monoisotopic (exact) mass is 357 g/mol. The van der Waals surface area contributed by atoms with E-state index in [0.717, 1.165) is 26.4 Å². The maximum atomic E-state index is 4.51. The summed E-state index contributed by atoms with van der Waals surface area (Å²) < 4.78 is 1.03. The van der Waals surface area contributed by atoms with Crippen molar-refractivity contribution in [1.29, 1.82) is 0 Å². The van der Waals surface area contributed by atoms with Crippen LogP contribution in [0.1, 0.15) is 5.56 Å². The van der Waals surface area contributed by atoms with Gasteiger partial charge in [0.15, 0.2) is 0 Å². The number of hydrogen-bond donors (Lipinski definition) is 1. The van der Waals surface area contributed by atoms with Crippen LogP contribution in [0.25, 0.3) is 11.3 Å². The number of halogens is 1. The highest BCUT2D eigenvalue weighted by atomic mass is 79.9. The highest BCUT2D eigenvalue weighted by Gasteiger charge is 2.02. The van der Waals surface area contributed by atoms with E-state index >= 15 is 0 Å². The first kappa shape index (κ1) is 14.0. The zero-order valence-electron chi connectivity index (χ0n) is 11.0. The van der Waals surface area contributed by atoms with E-state index in [1.54, 1.807) is 6.21 Å². The van der Waals surface area contributed by atoms with E-state index in [4.69, 9.17) is 0 Å². The molecule has 1 N–H and O–H groups in total. The van der Waals surface area contributed by atoms with Crippen molar-refractivity contribution in [3.63, 3.8) is 0 Å². The normalized spacial score (nSPS) is 10.9. The van der Waals surface area contributed by atoms with Gasteiger partial charge >= 0.3 is 0 Å². The zero-order valence-corrected chi connectivity index (χ0v) is 13.4. The number of nitrogens with zero attached hydrogens (tertiary/aromatic N) is 2. The van der Waals surface area contributed by atoms with Crippen LogP contribution in [0.3, 0.4) is 0 Å².